The summed E-state index contributed by atoms with van der Waals surface area (Å²) < 4.78 is 6.02. The molecule has 0 aliphatic heterocycles. The lowest BCUT2D eigenvalue weighted by Crippen LogP contribution is -1.80. The van der Waals surface area contributed by atoms with Crippen molar-refractivity contribution < 1.29 is 4.42 Å². The van der Waals surface area contributed by atoms with Gasteiger partial charge in [-0.1, -0.05) is 58.5 Å². The van der Waals surface area contributed by atoms with Gasteiger partial charge >= 0.3 is 0 Å². The van der Waals surface area contributed by atoms with Gasteiger partial charge in [0.2, 0.25) is 0 Å². The molecule has 0 unspecified atom stereocenters. The Balaban J connectivity index is 1.71. The van der Waals surface area contributed by atoms with Crippen molar-refractivity contribution in [2.75, 3.05) is 0 Å². The van der Waals surface area contributed by atoms with E-state index in [1.807, 2.05) is 48.5 Å². The minimum absolute atomic E-state index is 0.602. The van der Waals surface area contributed by atoms with E-state index in [4.69, 9.17) is 50.8 Å². The Kier molecular flexibility index (Phi) is 4.72. The first kappa shape index (κ1) is 18.8. The topological polar surface area (TPSA) is 13.1 Å². The van der Waals surface area contributed by atoms with Crippen LogP contribution in [0.25, 0.3) is 44.2 Å². The molecule has 0 aliphatic carbocycles. The predicted molar refractivity (Wildman–Crippen MR) is 125 cm³/mol. The van der Waals surface area contributed by atoms with E-state index < -0.39 is 0 Å². The van der Waals surface area contributed by atoms with Crippen molar-refractivity contribution in [3.8, 4) is 22.3 Å². The Morgan fingerprint density at radius 2 is 0.793 bits per heavy atom. The minimum atomic E-state index is 0.602. The fourth-order valence-electron chi connectivity index (χ4n) is 3.58. The lowest BCUT2D eigenvalue weighted by atomic mass is 10.0. The van der Waals surface area contributed by atoms with Crippen LogP contribution in [0.1, 0.15) is 0 Å². The molecule has 4 aromatic carbocycles. The largest absolute Gasteiger partial charge is 0.456 e. The summed E-state index contributed by atoms with van der Waals surface area (Å²) in [7, 11) is 0. The van der Waals surface area contributed by atoms with E-state index in [1.54, 1.807) is 12.1 Å². The van der Waals surface area contributed by atoms with Gasteiger partial charge in [0.25, 0.3) is 0 Å². The fraction of sp³-hybridized carbons (Fsp3) is 0. The monoisotopic (exact) mass is 456 g/mol. The van der Waals surface area contributed by atoms with Crippen LogP contribution < -0.4 is 0 Å². The molecule has 0 saturated heterocycles. The normalized spacial score (nSPS) is 11.4. The molecular formula is C24H12Cl4O. The minimum Gasteiger partial charge on any atom is -0.456 e. The van der Waals surface area contributed by atoms with Crippen LogP contribution in [0.15, 0.2) is 77.2 Å². The SMILES string of the molecule is Clc1cc(Cl)cc(-c2ccc3oc4ccc(-c5cc(Cl)cc(Cl)c5)cc4c3c2)c1. The Labute approximate surface area is 187 Å². The average Bonchev–Trinajstić information content (AvgIpc) is 3.03. The van der Waals surface area contributed by atoms with Gasteiger partial charge in [0.05, 0.1) is 0 Å². The molecule has 5 heteroatoms. The average molecular weight is 458 g/mol. The highest BCUT2D eigenvalue weighted by atomic mass is 35.5. The first-order chi connectivity index (χ1) is 14.0. The van der Waals surface area contributed by atoms with Crippen molar-refractivity contribution in [3.05, 3.63) is 92.9 Å². The number of benzene rings is 4. The number of hydrogen-bond donors (Lipinski definition) is 0. The third kappa shape index (κ3) is 3.60. The molecule has 0 N–H and O–H groups in total. The number of halogens is 4. The highest BCUT2D eigenvalue weighted by Gasteiger charge is 2.11. The van der Waals surface area contributed by atoms with Crippen LogP contribution in [0.5, 0.6) is 0 Å². The first-order valence-corrected chi connectivity index (χ1v) is 10.4. The van der Waals surface area contributed by atoms with Gasteiger partial charge in [-0.05, 0) is 82.9 Å². The van der Waals surface area contributed by atoms with Crippen molar-refractivity contribution in [1.82, 2.24) is 0 Å². The van der Waals surface area contributed by atoms with Gasteiger partial charge in [-0.3, -0.25) is 0 Å². The second-order valence-corrected chi connectivity index (χ2v) is 8.59. The van der Waals surface area contributed by atoms with Crippen molar-refractivity contribution in [2.45, 2.75) is 0 Å². The summed E-state index contributed by atoms with van der Waals surface area (Å²) in [5, 5.41) is 4.44. The van der Waals surface area contributed by atoms with Gasteiger partial charge in [0, 0.05) is 30.9 Å². The summed E-state index contributed by atoms with van der Waals surface area (Å²) in [6, 6.07) is 23.2. The second-order valence-electron chi connectivity index (χ2n) is 6.84. The Morgan fingerprint density at radius 3 is 1.17 bits per heavy atom. The molecular weight excluding hydrogens is 446 g/mol. The van der Waals surface area contributed by atoms with Crippen molar-refractivity contribution >= 4 is 68.3 Å². The zero-order valence-electron chi connectivity index (χ0n) is 14.8. The molecule has 0 aliphatic rings. The number of hydrogen-bond acceptors (Lipinski definition) is 1. The van der Waals surface area contributed by atoms with Crippen LogP contribution in [0.3, 0.4) is 0 Å². The molecule has 0 amide bonds. The molecule has 0 spiro atoms. The zero-order valence-corrected chi connectivity index (χ0v) is 17.9. The van der Waals surface area contributed by atoms with E-state index in [1.165, 1.54) is 0 Å². The van der Waals surface area contributed by atoms with E-state index >= 15 is 0 Å². The summed E-state index contributed by atoms with van der Waals surface area (Å²) in [5.41, 5.74) is 5.57. The van der Waals surface area contributed by atoms with E-state index in [0.29, 0.717) is 20.1 Å². The molecule has 29 heavy (non-hydrogen) atoms. The third-order valence-corrected chi connectivity index (χ3v) is 5.73. The van der Waals surface area contributed by atoms with E-state index in [9.17, 15) is 0 Å². The summed E-state index contributed by atoms with van der Waals surface area (Å²) in [6.07, 6.45) is 0. The maximum absolute atomic E-state index is 6.18. The zero-order chi connectivity index (χ0) is 20.1. The molecule has 5 rings (SSSR count). The quantitative estimate of drug-likeness (QED) is 0.257. The smallest absolute Gasteiger partial charge is 0.135 e. The van der Waals surface area contributed by atoms with Gasteiger partial charge in [-0.25, -0.2) is 0 Å². The summed E-state index contributed by atoms with van der Waals surface area (Å²) in [5.74, 6) is 0. The van der Waals surface area contributed by atoms with Crippen LogP contribution in [0.2, 0.25) is 20.1 Å². The third-order valence-electron chi connectivity index (χ3n) is 4.86. The first-order valence-electron chi connectivity index (χ1n) is 8.85. The summed E-state index contributed by atoms with van der Waals surface area (Å²) >= 11 is 24.7. The van der Waals surface area contributed by atoms with Gasteiger partial charge in [0.15, 0.2) is 0 Å². The molecule has 1 aromatic heterocycles. The maximum Gasteiger partial charge on any atom is 0.135 e. The lowest BCUT2D eigenvalue weighted by Gasteiger charge is -2.05. The molecule has 1 nitrogen and oxygen atoms in total. The Morgan fingerprint density at radius 1 is 0.414 bits per heavy atom. The van der Waals surface area contributed by atoms with E-state index in [2.05, 4.69) is 12.1 Å². The van der Waals surface area contributed by atoms with Crippen molar-refractivity contribution in [2.24, 2.45) is 0 Å². The summed E-state index contributed by atoms with van der Waals surface area (Å²) in [4.78, 5) is 0. The van der Waals surface area contributed by atoms with E-state index in [-0.39, 0.29) is 0 Å². The van der Waals surface area contributed by atoms with Gasteiger partial charge in [-0.15, -0.1) is 0 Å². The van der Waals surface area contributed by atoms with E-state index in [0.717, 1.165) is 44.2 Å². The van der Waals surface area contributed by atoms with Crippen LogP contribution in [-0.2, 0) is 0 Å². The molecule has 0 atom stereocenters. The maximum atomic E-state index is 6.18. The highest BCUT2D eigenvalue weighted by Crippen LogP contribution is 2.37. The molecule has 0 bridgehead atoms. The number of rotatable bonds is 2. The van der Waals surface area contributed by atoms with Crippen LogP contribution in [0.4, 0.5) is 0 Å². The molecule has 5 aromatic rings. The Bertz CT molecular complexity index is 1260. The second kappa shape index (κ2) is 7.27. The fourth-order valence-corrected chi connectivity index (χ4v) is 4.63. The molecule has 1 heterocycles. The standard InChI is InChI=1S/C24H12Cl4O/c25-17-5-15(6-18(26)11-17)13-1-3-23-21(9-13)22-10-14(2-4-24(22)29-23)16-7-19(27)12-20(28)8-16/h1-12H. The van der Waals surface area contributed by atoms with Crippen LogP contribution >= 0.6 is 46.4 Å². The molecule has 142 valence electrons. The molecule has 0 saturated carbocycles. The van der Waals surface area contributed by atoms with Gasteiger partial charge < -0.3 is 4.42 Å². The summed E-state index contributed by atoms with van der Waals surface area (Å²) in [6.45, 7) is 0. The Hall–Kier alpha value is -2.16. The molecule has 0 fully saturated rings. The van der Waals surface area contributed by atoms with Gasteiger partial charge in [-0.2, -0.15) is 0 Å². The van der Waals surface area contributed by atoms with Crippen molar-refractivity contribution in [3.63, 3.8) is 0 Å². The van der Waals surface area contributed by atoms with Crippen LogP contribution in [0, 0.1) is 0 Å². The van der Waals surface area contributed by atoms with Gasteiger partial charge in [0.1, 0.15) is 11.2 Å². The van der Waals surface area contributed by atoms with Crippen molar-refractivity contribution in [1.29, 1.82) is 0 Å². The number of furan rings is 1. The van der Waals surface area contributed by atoms with Crippen LogP contribution in [-0.4, -0.2) is 0 Å². The molecule has 0 radical (unpaired) electrons. The number of fused-ring (bicyclic) bond motifs is 3. The highest BCUT2D eigenvalue weighted by molar-refractivity contribution is 6.35. The lowest BCUT2D eigenvalue weighted by molar-refractivity contribution is 0.669. The predicted octanol–water partition coefficient (Wildman–Crippen LogP) is 9.53.